The molecule has 3 aromatic rings. The summed E-state index contributed by atoms with van der Waals surface area (Å²) in [6.45, 7) is 26.5. The Morgan fingerprint density at radius 1 is 1.16 bits per heavy atom. The highest BCUT2D eigenvalue weighted by molar-refractivity contribution is 6.15. The van der Waals surface area contributed by atoms with Crippen LogP contribution in [0.4, 0.5) is 11.4 Å². The van der Waals surface area contributed by atoms with E-state index in [0.717, 1.165) is 42.6 Å². The fraction of sp³-hybridized carbons (Fsp3) is 0.500. The monoisotopic (exact) mass is 690 g/mol. The zero-order chi connectivity index (χ0) is 37.1. The molecule has 0 spiro atoms. The number of anilines is 1. The highest BCUT2D eigenvalue weighted by Gasteiger charge is 2.34. The second-order valence-corrected chi connectivity index (χ2v) is 14.7. The van der Waals surface area contributed by atoms with E-state index in [-0.39, 0.29) is 46.5 Å². The molecule has 2 aromatic carbocycles. The molecule has 268 valence electrons. The number of aliphatic imine (C=N–C) groups is 1. The molecule has 51 heavy (non-hydrogen) atoms. The molecule has 11 heteroatoms. The van der Waals surface area contributed by atoms with Crippen molar-refractivity contribution in [2.45, 2.75) is 111 Å². The average Bonchev–Trinajstić information content (AvgIpc) is 3.83. The Morgan fingerprint density at radius 2 is 1.90 bits per heavy atom. The van der Waals surface area contributed by atoms with Crippen LogP contribution in [-0.4, -0.2) is 63.5 Å². The van der Waals surface area contributed by atoms with E-state index in [1.165, 1.54) is 5.56 Å². The minimum Gasteiger partial charge on any atom is -0.481 e. The first-order valence-corrected chi connectivity index (χ1v) is 18.0. The number of nitriles is 1. The van der Waals surface area contributed by atoms with Crippen molar-refractivity contribution in [3.8, 4) is 11.8 Å². The van der Waals surface area contributed by atoms with E-state index in [1.807, 2.05) is 25.1 Å². The van der Waals surface area contributed by atoms with Crippen molar-refractivity contribution in [2.75, 3.05) is 24.5 Å². The van der Waals surface area contributed by atoms with Crippen molar-refractivity contribution < 1.29 is 14.6 Å². The van der Waals surface area contributed by atoms with Gasteiger partial charge in [-0.05, 0) is 78.8 Å². The van der Waals surface area contributed by atoms with Crippen LogP contribution in [0.15, 0.2) is 47.1 Å². The molecular weight excluding hydrogens is 640 g/mol. The molecule has 0 radical (unpaired) electrons. The SMILES string of the molecule is [C-]#[N+]C1=C(C#N)c2nnc(CCNC(=O)C(C)Oc3ccc(C(C)(C)CC)cc3C(C)(C)CC)n2C1=Nc1ccc(N2CCC(O)C2)cc1CC. The van der Waals surface area contributed by atoms with Crippen LogP contribution in [0.2, 0.25) is 0 Å². The number of ether oxygens (including phenoxy) is 1. The van der Waals surface area contributed by atoms with Crippen molar-refractivity contribution in [1.82, 2.24) is 20.1 Å². The van der Waals surface area contributed by atoms with Gasteiger partial charge in [0.1, 0.15) is 23.0 Å². The van der Waals surface area contributed by atoms with Crippen LogP contribution >= 0.6 is 0 Å². The number of nitrogens with zero attached hydrogens (tertiary/aromatic N) is 7. The van der Waals surface area contributed by atoms with Crippen LogP contribution < -0.4 is 15.0 Å². The predicted octanol–water partition coefficient (Wildman–Crippen LogP) is 6.66. The molecule has 1 aromatic heterocycles. The minimum absolute atomic E-state index is 0.0210. The second-order valence-electron chi connectivity index (χ2n) is 14.7. The smallest absolute Gasteiger partial charge is 0.260 e. The van der Waals surface area contributed by atoms with Crippen molar-refractivity contribution in [1.29, 1.82) is 5.26 Å². The number of benzene rings is 2. The van der Waals surface area contributed by atoms with Gasteiger partial charge in [-0.25, -0.2) is 9.84 Å². The number of hydrogen-bond donors (Lipinski definition) is 2. The predicted molar refractivity (Wildman–Crippen MR) is 200 cm³/mol. The van der Waals surface area contributed by atoms with Gasteiger partial charge in [-0.3, -0.25) is 9.36 Å². The van der Waals surface area contributed by atoms with Crippen LogP contribution in [0.3, 0.4) is 0 Å². The van der Waals surface area contributed by atoms with Gasteiger partial charge in [-0.15, -0.1) is 10.2 Å². The summed E-state index contributed by atoms with van der Waals surface area (Å²) in [5.74, 6) is 1.47. The number of aliphatic hydroxyl groups is 1. The number of fused-ring (bicyclic) bond motifs is 1. The second kappa shape index (κ2) is 15.1. The molecule has 5 rings (SSSR count). The van der Waals surface area contributed by atoms with Gasteiger partial charge in [0.15, 0.2) is 11.9 Å². The van der Waals surface area contributed by atoms with Crippen molar-refractivity contribution >= 4 is 28.7 Å². The molecule has 3 heterocycles. The quantitative estimate of drug-likeness (QED) is 0.192. The van der Waals surface area contributed by atoms with Crippen LogP contribution in [0, 0.1) is 17.9 Å². The third-order valence-electron chi connectivity index (χ3n) is 10.6. The zero-order valence-corrected chi connectivity index (χ0v) is 31.2. The lowest BCUT2D eigenvalue weighted by Crippen LogP contribution is -2.38. The summed E-state index contributed by atoms with van der Waals surface area (Å²) < 4.78 is 7.96. The van der Waals surface area contributed by atoms with Crippen molar-refractivity contribution in [3.63, 3.8) is 0 Å². The highest BCUT2D eigenvalue weighted by atomic mass is 16.5. The maximum Gasteiger partial charge on any atom is 0.260 e. The lowest BCUT2D eigenvalue weighted by Gasteiger charge is -2.31. The number of aliphatic hydroxyl groups excluding tert-OH is 1. The van der Waals surface area contributed by atoms with Crippen LogP contribution in [0.1, 0.15) is 103 Å². The number of aryl methyl sites for hydroxylation is 1. The van der Waals surface area contributed by atoms with Crippen LogP contribution in [0.5, 0.6) is 5.75 Å². The van der Waals surface area contributed by atoms with E-state index in [9.17, 15) is 15.2 Å². The number of carbonyl (C=O) groups is 1. The van der Waals surface area contributed by atoms with E-state index in [1.54, 1.807) is 11.5 Å². The molecule has 2 N–H and O–H groups in total. The number of nitrogens with one attached hydrogen (secondary N) is 1. The molecule has 2 aliphatic heterocycles. The van der Waals surface area contributed by atoms with E-state index in [4.69, 9.17) is 16.3 Å². The van der Waals surface area contributed by atoms with E-state index in [0.29, 0.717) is 42.5 Å². The Kier molecular flexibility index (Phi) is 11.0. The molecule has 2 atom stereocenters. The lowest BCUT2D eigenvalue weighted by atomic mass is 9.76. The number of allylic oxidation sites excluding steroid dienone is 2. The first-order valence-electron chi connectivity index (χ1n) is 18.0. The van der Waals surface area contributed by atoms with E-state index in [2.05, 4.69) is 91.1 Å². The summed E-state index contributed by atoms with van der Waals surface area (Å²) >= 11 is 0. The molecular formula is C40H50N8O3. The molecule has 1 amide bonds. The summed E-state index contributed by atoms with van der Waals surface area (Å²) in [6, 6.07) is 14.4. The van der Waals surface area contributed by atoms with Gasteiger partial charge in [0.25, 0.3) is 5.91 Å². The topological polar surface area (TPSA) is 133 Å². The number of hydrogen-bond acceptors (Lipinski definition) is 8. The highest BCUT2D eigenvalue weighted by Crippen LogP contribution is 2.39. The molecule has 1 saturated heterocycles. The largest absolute Gasteiger partial charge is 0.481 e. The fourth-order valence-corrected chi connectivity index (χ4v) is 6.41. The number of rotatable bonds is 13. The van der Waals surface area contributed by atoms with Crippen molar-refractivity contribution in [3.05, 3.63) is 81.9 Å². The first kappa shape index (κ1) is 37.3. The van der Waals surface area contributed by atoms with Gasteiger partial charge in [0, 0.05) is 37.3 Å². The Bertz CT molecular complexity index is 1940. The van der Waals surface area contributed by atoms with E-state index >= 15 is 0 Å². The number of carbonyl (C=O) groups excluding carboxylic acids is 1. The molecule has 0 bridgehead atoms. The molecule has 2 unspecified atom stereocenters. The third-order valence-corrected chi connectivity index (χ3v) is 10.6. The molecule has 1 fully saturated rings. The summed E-state index contributed by atoms with van der Waals surface area (Å²) in [7, 11) is 0. The van der Waals surface area contributed by atoms with E-state index < -0.39 is 6.10 Å². The minimum atomic E-state index is -0.748. The summed E-state index contributed by atoms with van der Waals surface area (Å²) in [5, 5.41) is 31.6. The van der Waals surface area contributed by atoms with Gasteiger partial charge in [0.05, 0.1) is 24.4 Å². The summed E-state index contributed by atoms with van der Waals surface area (Å²) in [6.07, 6.45) is 2.56. The maximum absolute atomic E-state index is 13.3. The number of amides is 1. The Balaban J connectivity index is 1.34. The van der Waals surface area contributed by atoms with Gasteiger partial charge in [-0.2, -0.15) is 5.26 Å². The number of β-amino-alcohol motifs (C(OH)–C–C–N with tert-alkyl or cyclic N) is 1. The van der Waals surface area contributed by atoms with Gasteiger partial charge in [-0.1, -0.05) is 60.6 Å². The molecule has 11 nitrogen and oxygen atoms in total. The van der Waals surface area contributed by atoms with Crippen LogP contribution in [0.25, 0.3) is 10.4 Å². The molecule has 0 saturated carbocycles. The molecule has 0 aliphatic carbocycles. The summed E-state index contributed by atoms with van der Waals surface area (Å²) in [5.41, 5.74) is 5.11. The van der Waals surface area contributed by atoms with Crippen molar-refractivity contribution in [2.24, 2.45) is 4.99 Å². The maximum atomic E-state index is 13.3. The van der Waals surface area contributed by atoms with Gasteiger partial charge >= 0.3 is 0 Å². The first-order chi connectivity index (χ1) is 24.3. The van der Waals surface area contributed by atoms with Gasteiger partial charge in [0.2, 0.25) is 5.70 Å². The standard InChI is InChI=1S/C40H50N8O3/c1-10-26-21-28(47-20-18-29(49)24-47)14-15-32(26)44-37-35(42-9)30(23-41)36-46-45-34(48(36)37)17-19-43-38(50)25(4)51-33-16-13-27(39(5,6)11-2)22-31(33)40(7,8)12-3/h13-16,21-22,25,29,49H,10-12,17-20,24H2,1-8H3,(H,43,50). The average molecular weight is 691 g/mol. The molecule has 2 aliphatic rings. The van der Waals surface area contributed by atoms with Crippen LogP contribution in [-0.2, 0) is 28.5 Å². The zero-order valence-electron chi connectivity index (χ0n) is 31.2. The fourth-order valence-electron chi connectivity index (χ4n) is 6.41. The normalized spacial score (nSPS) is 17.4. The number of aromatic nitrogens is 3. The van der Waals surface area contributed by atoms with Gasteiger partial charge < -0.3 is 20.1 Å². The Hall–Kier alpha value is -5.00. The lowest BCUT2D eigenvalue weighted by molar-refractivity contribution is -0.127. The third kappa shape index (κ3) is 7.55. The Labute approximate surface area is 301 Å². The Morgan fingerprint density at radius 3 is 2.53 bits per heavy atom. The summed E-state index contributed by atoms with van der Waals surface area (Å²) in [4.78, 5) is 24.1.